The van der Waals surface area contributed by atoms with Gasteiger partial charge in [-0.15, -0.1) is 11.6 Å². The van der Waals surface area contributed by atoms with Gasteiger partial charge in [-0.3, -0.25) is 4.79 Å². The van der Waals surface area contributed by atoms with Gasteiger partial charge in [0.2, 0.25) is 0 Å². The maximum absolute atomic E-state index is 12.6. The minimum atomic E-state index is 0.193. The van der Waals surface area contributed by atoms with Crippen LogP contribution in [0.15, 0.2) is 24.3 Å². The SMILES string of the molecule is CCc1ccc(C(=O)N2C3CCC2CC(Cl)C3)cc1. The van der Waals surface area contributed by atoms with Crippen molar-refractivity contribution in [3.8, 4) is 0 Å². The quantitative estimate of drug-likeness (QED) is 0.756. The number of nitrogens with zero attached hydrogens (tertiary/aromatic N) is 1. The van der Waals surface area contributed by atoms with Crippen molar-refractivity contribution in [2.75, 3.05) is 0 Å². The smallest absolute Gasteiger partial charge is 0.254 e. The van der Waals surface area contributed by atoms with E-state index in [1.165, 1.54) is 5.56 Å². The van der Waals surface area contributed by atoms with E-state index < -0.39 is 0 Å². The highest BCUT2D eigenvalue weighted by Gasteiger charge is 2.42. The van der Waals surface area contributed by atoms with Crippen molar-refractivity contribution in [2.24, 2.45) is 0 Å². The summed E-state index contributed by atoms with van der Waals surface area (Å²) in [7, 11) is 0. The average molecular weight is 278 g/mol. The first-order valence-electron chi connectivity index (χ1n) is 7.24. The third-order valence-electron chi connectivity index (χ3n) is 4.52. The predicted molar refractivity (Wildman–Crippen MR) is 77.7 cm³/mol. The Kier molecular flexibility index (Phi) is 3.53. The first-order valence-corrected chi connectivity index (χ1v) is 7.68. The van der Waals surface area contributed by atoms with E-state index in [4.69, 9.17) is 11.6 Å². The van der Waals surface area contributed by atoms with Gasteiger partial charge in [0.1, 0.15) is 0 Å². The zero-order valence-corrected chi connectivity index (χ0v) is 12.1. The van der Waals surface area contributed by atoms with Crippen LogP contribution < -0.4 is 0 Å². The molecule has 19 heavy (non-hydrogen) atoms. The summed E-state index contributed by atoms with van der Waals surface area (Å²) in [5.74, 6) is 0.193. The molecule has 2 heterocycles. The topological polar surface area (TPSA) is 20.3 Å². The molecule has 2 aliphatic rings. The lowest BCUT2D eigenvalue weighted by atomic mass is 10.0. The molecule has 2 unspecified atom stereocenters. The van der Waals surface area contributed by atoms with Crippen molar-refractivity contribution in [1.82, 2.24) is 4.90 Å². The van der Waals surface area contributed by atoms with Gasteiger partial charge in [-0.2, -0.15) is 0 Å². The summed E-state index contributed by atoms with van der Waals surface area (Å²) in [5.41, 5.74) is 2.10. The summed E-state index contributed by atoms with van der Waals surface area (Å²) in [4.78, 5) is 14.7. The summed E-state index contributed by atoms with van der Waals surface area (Å²) in [6, 6.07) is 8.77. The molecule has 0 radical (unpaired) electrons. The van der Waals surface area contributed by atoms with Crippen molar-refractivity contribution >= 4 is 17.5 Å². The van der Waals surface area contributed by atoms with Gasteiger partial charge in [0.15, 0.2) is 0 Å². The van der Waals surface area contributed by atoms with E-state index >= 15 is 0 Å². The highest BCUT2D eigenvalue weighted by molar-refractivity contribution is 6.20. The Bertz CT molecular complexity index is 456. The number of amides is 1. The number of piperidine rings is 1. The third kappa shape index (κ3) is 2.38. The highest BCUT2D eigenvalue weighted by Crippen LogP contribution is 2.38. The fourth-order valence-electron chi connectivity index (χ4n) is 3.47. The summed E-state index contributed by atoms with van der Waals surface area (Å²) >= 11 is 6.26. The second kappa shape index (κ2) is 5.16. The fourth-order valence-corrected chi connectivity index (χ4v) is 3.89. The van der Waals surface area contributed by atoms with Gasteiger partial charge >= 0.3 is 0 Å². The van der Waals surface area contributed by atoms with Gasteiger partial charge < -0.3 is 4.90 Å². The van der Waals surface area contributed by atoms with Crippen molar-refractivity contribution < 1.29 is 4.79 Å². The summed E-state index contributed by atoms with van der Waals surface area (Å²) < 4.78 is 0. The number of alkyl halides is 1. The van der Waals surface area contributed by atoms with Gasteiger partial charge in [0.05, 0.1) is 0 Å². The van der Waals surface area contributed by atoms with E-state index in [2.05, 4.69) is 24.0 Å². The molecule has 1 aromatic carbocycles. The van der Waals surface area contributed by atoms with Gasteiger partial charge in [-0.1, -0.05) is 19.1 Å². The predicted octanol–water partition coefficient (Wildman–Crippen LogP) is 3.62. The van der Waals surface area contributed by atoms with Crippen LogP contribution in [0.4, 0.5) is 0 Å². The first-order chi connectivity index (χ1) is 9.19. The second-order valence-electron chi connectivity index (χ2n) is 5.72. The van der Waals surface area contributed by atoms with Crippen molar-refractivity contribution in [3.05, 3.63) is 35.4 Å². The molecular weight excluding hydrogens is 258 g/mol. The summed E-state index contributed by atoms with van der Waals surface area (Å²) in [6.07, 6.45) is 5.16. The lowest BCUT2D eigenvalue weighted by molar-refractivity contribution is 0.0599. The van der Waals surface area contributed by atoms with E-state index in [1.54, 1.807) is 0 Å². The first kappa shape index (κ1) is 13.0. The second-order valence-corrected chi connectivity index (χ2v) is 6.33. The molecule has 0 aromatic heterocycles. The number of carbonyl (C=O) groups excluding carboxylic acids is 1. The van der Waals surface area contributed by atoms with E-state index in [-0.39, 0.29) is 11.3 Å². The molecule has 0 aliphatic carbocycles. The van der Waals surface area contributed by atoms with E-state index in [9.17, 15) is 4.79 Å². The van der Waals surface area contributed by atoms with E-state index in [1.807, 2.05) is 12.1 Å². The van der Waals surface area contributed by atoms with Crippen LogP contribution in [0.3, 0.4) is 0 Å². The minimum absolute atomic E-state index is 0.193. The molecule has 1 amide bonds. The minimum Gasteiger partial charge on any atom is -0.333 e. The van der Waals surface area contributed by atoms with Crippen molar-refractivity contribution in [2.45, 2.75) is 56.5 Å². The number of benzene rings is 1. The number of hydrogen-bond donors (Lipinski definition) is 0. The number of hydrogen-bond acceptors (Lipinski definition) is 1. The van der Waals surface area contributed by atoms with Gasteiger partial charge in [0.25, 0.3) is 5.91 Å². The Morgan fingerprint density at radius 3 is 2.32 bits per heavy atom. The van der Waals surface area contributed by atoms with Crippen LogP contribution in [-0.2, 0) is 6.42 Å². The monoisotopic (exact) mass is 277 g/mol. The summed E-state index contributed by atoms with van der Waals surface area (Å²) in [6.45, 7) is 2.13. The molecule has 2 saturated heterocycles. The number of carbonyl (C=O) groups is 1. The van der Waals surface area contributed by atoms with Crippen LogP contribution in [0.25, 0.3) is 0 Å². The van der Waals surface area contributed by atoms with Crippen LogP contribution in [0.2, 0.25) is 0 Å². The zero-order valence-electron chi connectivity index (χ0n) is 11.3. The Balaban J connectivity index is 1.80. The molecule has 0 spiro atoms. The molecule has 2 aliphatic heterocycles. The highest BCUT2D eigenvalue weighted by atomic mass is 35.5. The number of rotatable bonds is 2. The molecule has 1 aromatic rings. The number of fused-ring (bicyclic) bond motifs is 2. The Morgan fingerprint density at radius 2 is 1.79 bits per heavy atom. The van der Waals surface area contributed by atoms with Gasteiger partial charge in [-0.25, -0.2) is 0 Å². The Morgan fingerprint density at radius 1 is 1.21 bits per heavy atom. The largest absolute Gasteiger partial charge is 0.333 e. The van der Waals surface area contributed by atoms with Crippen LogP contribution in [0, 0.1) is 0 Å². The summed E-state index contributed by atoms with van der Waals surface area (Å²) in [5, 5.41) is 0.254. The normalized spacial score (nSPS) is 29.6. The molecule has 102 valence electrons. The van der Waals surface area contributed by atoms with Gasteiger partial charge in [-0.05, 0) is 49.8 Å². The van der Waals surface area contributed by atoms with Gasteiger partial charge in [0, 0.05) is 23.0 Å². The maximum atomic E-state index is 12.6. The Labute approximate surface area is 119 Å². The maximum Gasteiger partial charge on any atom is 0.254 e. The van der Waals surface area contributed by atoms with Crippen molar-refractivity contribution in [1.29, 1.82) is 0 Å². The molecule has 2 atom stereocenters. The molecule has 0 N–H and O–H groups in total. The standard InChI is InChI=1S/C16H20ClNO/c1-2-11-3-5-12(6-4-11)16(19)18-14-7-8-15(18)10-13(17)9-14/h3-6,13-15H,2,7-10H2,1H3. The lowest BCUT2D eigenvalue weighted by Gasteiger charge is -2.37. The molecule has 2 bridgehead atoms. The van der Waals surface area contributed by atoms with E-state index in [0.717, 1.165) is 37.7 Å². The van der Waals surface area contributed by atoms with E-state index in [0.29, 0.717) is 12.1 Å². The molecule has 3 rings (SSSR count). The molecular formula is C16H20ClNO. The number of halogens is 1. The number of aryl methyl sites for hydroxylation is 1. The van der Waals surface area contributed by atoms with Crippen LogP contribution in [-0.4, -0.2) is 28.3 Å². The Hall–Kier alpha value is -1.02. The third-order valence-corrected chi connectivity index (χ3v) is 4.88. The lowest BCUT2D eigenvalue weighted by Crippen LogP contribution is -2.46. The molecule has 2 nitrogen and oxygen atoms in total. The zero-order chi connectivity index (χ0) is 13.4. The van der Waals surface area contributed by atoms with Crippen LogP contribution in [0.1, 0.15) is 48.5 Å². The molecule has 3 heteroatoms. The molecule has 0 saturated carbocycles. The van der Waals surface area contributed by atoms with Crippen molar-refractivity contribution in [3.63, 3.8) is 0 Å². The van der Waals surface area contributed by atoms with Crippen LogP contribution >= 0.6 is 11.6 Å². The fraction of sp³-hybridized carbons (Fsp3) is 0.562. The molecule has 2 fully saturated rings. The average Bonchev–Trinajstić information content (AvgIpc) is 2.70. The van der Waals surface area contributed by atoms with Crippen LogP contribution in [0.5, 0.6) is 0 Å².